The molecule has 0 saturated heterocycles. The van der Waals surface area contributed by atoms with Gasteiger partial charge in [-0.15, -0.1) is 0 Å². The molecule has 5 heteroatoms. The number of rotatable bonds is 3. The SMILES string of the molecule is COc1cc2c(cc1OC)CN(C(=O)C1C=CCN1)CC2. The Morgan fingerprint density at radius 2 is 1.95 bits per heavy atom. The molecule has 2 aliphatic heterocycles. The number of nitrogens with one attached hydrogen (secondary N) is 1. The van der Waals surface area contributed by atoms with E-state index >= 15 is 0 Å². The number of amides is 1. The molecule has 3 rings (SSSR count). The summed E-state index contributed by atoms with van der Waals surface area (Å²) in [6, 6.07) is 3.82. The summed E-state index contributed by atoms with van der Waals surface area (Å²) in [5.41, 5.74) is 2.36. The Labute approximate surface area is 124 Å². The molecule has 0 bridgehead atoms. The molecular formula is C16H20N2O3. The van der Waals surface area contributed by atoms with Crippen LogP contribution in [0.4, 0.5) is 0 Å². The van der Waals surface area contributed by atoms with Gasteiger partial charge in [0, 0.05) is 19.6 Å². The lowest BCUT2D eigenvalue weighted by Gasteiger charge is -2.31. The van der Waals surface area contributed by atoms with Crippen molar-refractivity contribution in [3.05, 3.63) is 35.4 Å². The van der Waals surface area contributed by atoms with E-state index in [2.05, 4.69) is 5.32 Å². The fourth-order valence-corrected chi connectivity index (χ4v) is 2.90. The lowest BCUT2D eigenvalue weighted by molar-refractivity contribution is -0.133. The zero-order chi connectivity index (χ0) is 14.8. The van der Waals surface area contributed by atoms with Crippen LogP contribution in [0.1, 0.15) is 11.1 Å². The summed E-state index contributed by atoms with van der Waals surface area (Å²) in [5.74, 6) is 1.60. The molecule has 1 aromatic carbocycles. The van der Waals surface area contributed by atoms with E-state index in [0.29, 0.717) is 12.3 Å². The molecule has 1 amide bonds. The Hall–Kier alpha value is -2.01. The van der Waals surface area contributed by atoms with Crippen LogP contribution < -0.4 is 14.8 Å². The fraction of sp³-hybridized carbons (Fsp3) is 0.438. The first-order chi connectivity index (χ1) is 10.2. The molecule has 0 fully saturated rings. The highest BCUT2D eigenvalue weighted by atomic mass is 16.5. The number of hydrogen-bond acceptors (Lipinski definition) is 4. The molecule has 112 valence electrons. The van der Waals surface area contributed by atoms with Crippen molar-refractivity contribution < 1.29 is 14.3 Å². The monoisotopic (exact) mass is 288 g/mol. The second kappa shape index (κ2) is 5.77. The van der Waals surface area contributed by atoms with Gasteiger partial charge in [-0.25, -0.2) is 0 Å². The van der Waals surface area contributed by atoms with Gasteiger partial charge >= 0.3 is 0 Å². The lowest BCUT2D eigenvalue weighted by Crippen LogP contribution is -2.45. The van der Waals surface area contributed by atoms with Crippen LogP contribution in [0.5, 0.6) is 11.5 Å². The Bertz CT molecular complexity index is 583. The molecule has 0 spiro atoms. The van der Waals surface area contributed by atoms with Crippen LogP contribution in [0.15, 0.2) is 24.3 Å². The molecule has 1 atom stereocenters. The molecule has 0 saturated carbocycles. The number of fused-ring (bicyclic) bond motifs is 1. The molecule has 2 heterocycles. The Balaban J connectivity index is 1.81. The average molecular weight is 288 g/mol. The molecule has 1 unspecified atom stereocenters. The van der Waals surface area contributed by atoms with E-state index in [4.69, 9.17) is 9.47 Å². The molecule has 0 radical (unpaired) electrons. The number of methoxy groups -OCH3 is 2. The topological polar surface area (TPSA) is 50.8 Å². The first-order valence-corrected chi connectivity index (χ1v) is 7.15. The highest BCUT2D eigenvalue weighted by molar-refractivity contribution is 5.84. The van der Waals surface area contributed by atoms with Crippen LogP contribution in [0.2, 0.25) is 0 Å². The standard InChI is InChI=1S/C16H20N2O3/c1-20-14-8-11-5-7-18(10-12(11)9-15(14)21-2)16(19)13-4-3-6-17-13/h3-4,8-9,13,17H,5-7,10H2,1-2H3. The predicted octanol–water partition coefficient (Wildman–Crippen LogP) is 1.12. The maximum absolute atomic E-state index is 12.4. The second-order valence-electron chi connectivity index (χ2n) is 5.30. The van der Waals surface area contributed by atoms with E-state index in [0.717, 1.165) is 30.8 Å². The van der Waals surface area contributed by atoms with Gasteiger partial charge in [-0.3, -0.25) is 10.1 Å². The molecule has 5 nitrogen and oxygen atoms in total. The lowest BCUT2D eigenvalue weighted by atomic mass is 9.98. The average Bonchev–Trinajstić information content (AvgIpc) is 3.06. The molecule has 21 heavy (non-hydrogen) atoms. The van der Waals surface area contributed by atoms with Gasteiger partial charge in [-0.2, -0.15) is 0 Å². The Kier molecular flexibility index (Phi) is 3.84. The van der Waals surface area contributed by atoms with Gasteiger partial charge < -0.3 is 14.4 Å². The van der Waals surface area contributed by atoms with Crippen LogP contribution in [-0.2, 0) is 17.8 Å². The van der Waals surface area contributed by atoms with Crippen molar-refractivity contribution in [1.29, 1.82) is 0 Å². The summed E-state index contributed by atoms with van der Waals surface area (Å²) < 4.78 is 10.7. The van der Waals surface area contributed by atoms with E-state index < -0.39 is 0 Å². The first kappa shape index (κ1) is 13.9. The second-order valence-corrected chi connectivity index (χ2v) is 5.30. The van der Waals surface area contributed by atoms with Gasteiger partial charge in [0.05, 0.1) is 14.2 Å². The molecule has 1 aromatic rings. The highest BCUT2D eigenvalue weighted by Gasteiger charge is 2.27. The number of hydrogen-bond donors (Lipinski definition) is 1. The van der Waals surface area contributed by atoms with Crippen LogP contribution in [0.3, 0.4) is 0 Å². The van der Waals surface area contributed by atoms with Crippen molar-refractivity contribution in [1.82, 2.24) is 10.2 Å². The zero-order valence-electron chi connectivity index (χ0n) is 12.4. The van der Waals surface area contributed by atoms with Gasteiger partial charge in [-0.1, -0.05) is 12.2 Å². The molecular weight excluding hydrogens is 268 g/mol. The van der Waals surface area contributed by atoms with Gasteiger partial charge in [0.25, 0.3) is 0 Å². The van der Waals surface area contributed by atoms with E-state index in [1.54, 1.807) is 14.2 Å². The summed E-state index contributed by atoms with van der Waals surface area (Å²) >= 11 is 0. The van der Waals surface area contributed by atoms with Crippen molar-refractivity contribution >= 4 is 5.91 Å². The maximum Gasteiger partial charge on any atom is 0.244 e. The van der Waals surface area contributed by atoms with Crippen molar-refractivity contribution in [2.24, 2.45) is 0 Å². The molecule has 1 N–H and O–H groups in total. The predicted molar refractivity (Wildman–Crippen MR) is 79.6 cm³/mol. The summed E-state index contributed by atoms with van der Waals surface area (Å²) in [5, 5.41) is 3.17. The summed E-state index contributed by atoms with van der Waals surface area (Å²) in [6.45, 7) is 2.14. The Morgan fingerprint density at radius 1 is 1.24 bits per heavy atom. The summed E-state index contributed by atoms with van der Waals surface area (Å²) in [6.07, 6.45) is 4.78. The minimum absolute atomic E-state index is 0.143. The number of benzene rings is 1. The number of nitrogens with zero attached hydrogens (tertiary/aromatic N) is 1. The van der Waals surface area contributed by atoms with Gasteiger partial charge in [-0.05, 0) is 29.7 Å². The van der Waals surface area contributed by atoms with Crippen molar-refractivity contribution in [3.63, 3.8) is 0 Å². The maximum atomic E-state index is 12.4. The molecule has 0 aliphatic carbocycles. The van der Waals surface area contributed by atoms with Crippen molar-refractivity contribution in [2.75, 3.05) is 27.3 Å². The summed E-state index contributed by atoms with van der Waals surface area (Å²) in [4.78, 5) is 14.3. The fourth-order valence-electron chi connectivity index (χ4n) is 2.90. The van der Waals surface area contributed by atoms with E-state index in [1.165, 1.54) is 5.56 Å². The third kappa shape index (κ3) is 2.61. The van der Waals surface area contributed by atoms with Gasteiger partial charge in [0.2, 0.25) is 5.91 Å². The number of ether oxygens (including phenoxy) is 2. The minimum Gasteiger partial charge on any atom is -0.493 e. The Morgan fingerprint density at radius 3 is 2.57 bits per heavy atom. The summed E-state index contributed by atoms with van der Waals surface area (Å²) in [7, 11) is 3.27. The van der Waals surface area contributed by atoms with Gasteiger partial charge in [0.15, 0.2) is 11.5 Å². The quantitative estimate of drug-likeness (QED) is 0.847. The van der Waals surface area contributed by atoms with E-state index in [9.17, 15) is 4.79 Å². The van der Waals surface area contributed by atoms with E-state index in [1.807, 2.05) is 29.2 Å². The first-order valence-electron chi connectivity index (χ1n) is 7.15. The zero-order valence-corrected chi connectivity index (χ0v) is 12.4. The van der Waals surface area contributed by atoms with E-state index in [-0.39, 0.29) is 11.9 Å². The number of carbonyl (C=O) groups is 1. The normalized spacial score (nSPS) is 20.3. The van der Waals surface area contributed by atoms with Crippen LogP contribution >= 0.6 is 0 Å². The smallest absolute Gasteiger partial charge is 0.244 e. The van der Waals surface area contributed by atoms with Crippen LogP contribution in [0, 0.1) is 0 Å². The molecule has 0 aromatic heterocycles. The number of carbonyl (C=O) groups excluding carboxylic acids is 1. The van der Waals surface area contributed by atoms with Gasteiger partial charge in [0.1, 0.15) is 6.04 Å². The largest absolute Gasteiger partial charge is 0.493 e. The van der Waals surface area contributed by atoms with Crippen LogP contribution in [-0.4, -0.2) is 44.2 Å². The minimum atomic E-state index is -0.174. The van der Waals surface area contributed by atoms with Crippen LogP contribution in [0.25, 0.3) is 0 Å². The molecule has 2 aliphatic rings. The third-order valence-corrected chi connectivity index (χ3v) is 4.08. The highest BCUT2D eigenvalue weighted by Crippen LogP contribution is 2.33. The van der Waals surface area contributed by atoms with Crippen molar-refractivity contribution in [2.45, 2.75) is 19.0 Å². The van der Waals surface area contributed by atoms with Crippen molar-refractivity contribution in [3.8, 4) is 11.5 Å². The third-order valence-electron chi connectivity index (χ3n) is 4.08.